The maximum atomic E-state index is 11.6. The Morgan fingerprint density at radius 2 is 2.33 bits per heavy atom. The third-order valence-electron chi connectivity index (χ3n) is 1.51. The molecule has 0 saturated heterocycles. The molecule has 0 unspecified atom stereocenters. The lowest BCUT2D eigenvalue weighted by molar-refractivity contribution is 0.102. The Labute approximate surface area is 97.0 Å². The molecular formula is C7H4BrN5OS. The molecule has 0 aliphatic heterocycles. The summed E-state index contributed by atoms with van der Waals surface area (Å²) in [6.45, 7) is 0. The zero-order valence-electron chi connectivity index (χ0n) is 7.22. The molecule has 1 N–H and O–H groups in total. The number of amides is 1. The first kappa shape index (κ1) is 10.1. The first-order chi connectivity index (χ1) is 7.25. The highest BCUT2D eigenvalue weighted by Crippen LogP contribution is 2.10. The number of hydrogen-bond donors (Lipinski definition) is 1. The number of halogens is 1. The summed E-state index contributed by atoms with van der Waals surface area (Å²) in [5.74, 6) is -0.284. The number of pyridine rings is 1. The van der Waals surface area contributed by atoms with E-state index in [0.717, 1.165) is 11.5 Å². The first-order valence-corrected chi connectivity index (χ1v) is 5.40. The SMILES string of the molecule is O=C(Nc1nnns1)c1ccc(Br)nc1. The van der Waals surface area contributed by atoms with Crippen molar-refractivity contribution in [1.29, 1.82) is 0 Å². The van der Waals surface area contributed by atoms with Crippen LogP contribution in [0.4, 0.5) is 5.13 Å². The van der Waals surface area contributed by atoms with E-state index in [9.17, 15) is 4.79 Å². The van der Waals surface area contributed by atoms with Gasteiger partial charge in [0.2, 0.25) is 5.13 Å². The van der Waals surface area contributed by atoms with Crippen LogP contribution in [0, 0.1) is 0 Å². The van der Waals surface area contributed by atoms with Gasteiger partial charge < -0.3 is 0 Å². The summed E-state index contributed by atoms with van der Waals surface area (Å²) in [7, 11) is 0. The third kappa shape index (κ3) is 2.54. The summed E-state index contributed by atoms with van der Waals surface area (Å²) in [5, 5.41) is 9.87. The summed E-state index contributed by atoms with van der Waals surface area (Å²) >= 11 is 4.20. The van der Waals surface area contributed by atoms with Gasteiger partial charge in [-0.15, -0.1) is 0 Å². The van der Waals surface area contributed by atoms with Crippen molar-refractivity contribution in [2.45, 2.75) is 0 Å². The molecule has 0 aromatic carbocycles. The molecule has 2 aromatic rings. The van der Waals surface area contributed by atoms with Gasteiger partial charge in [0.05, 0.1) is 5.56 Å². The zero-order valence-corrected chi connectivity index (χ0v) is 9.62. The second-order valence-corrected chi connectivity index (χ2v) is 4.04. The summed E-state index contributed by atoms with van der Waals surface area (Å²) in [4.78, 5) is 15.5. The molecule has 2 rings (SSSR count). The van der Waals surface area contributed by atoms with Gasteiger partial charge >= 0.3 is 0 Å². The molecule has 0 spiro atoms. The van der Waals surface area contributed by atoms with Crippen LogP contribution in [0.2, 0.25) is 0 Å². The molecule has 0 aliphatic carbocycles. The molecular weight excluding hydrogens is 282 g/mol. The van der Waals surface area contributed by atoms with E-state index in [-0.39, 0.29) is 5.91 Å². The quantitative estimate of drug-likeness (QED) is 0.843. The van der Waals surface area contributed by atoms with Gasteiger partial charge in [0.15, 0.2) is 0 Å². The second kappa shape index (κ2) is 4.41. The average molecular weight is 286 g/mol. The molecule has 0 saturated carbocycles. The molecule has 0 fully saturated rings. The lowest BCUT2D eigenvalue weighted by atomic mass is 10.3. The summed E-state index contributed by atoms with van der Waals surface area (Å²) in [5.41, 5.74) is 0.452. The van der Waals surface area contributed by atoms with Crippen molar-refractivity contribution < 1.29 is 4.79 Å². The smallest absolute Gasteiger partial charge is 0.259 e. The van der Waals surface area contributed by atoms with Gasteiger partial charge in [-0.25, -0.2) is 4.98 Å². The number of nitrogens with one attached hydrogen (secondary N) is 1. The Morgan fingerprint density at radius 1 is 1.47 bits per heavy atom. The highest BCUT2D eigenvalue weighted by Gasteiger charge is 2.08. The van der Waals surface area contributed by atoms with Crippen molar-refractivity contribution in [2.24, 2.45) is 0 Å². The van der Waals surface area contributed by atoms with E-state index in [1.807, 2.05) is 0 Å². The molecule has 2 heterocycles. The number of carbonyl (C=O) groups excluding carboxylic acids is 1. The van der Waals surface area contributed by atoms with Crippen LogP contribution in [0.25, 0.3) is 0 Å². The third-order valence-corrected chi connectivity index (χ3v) is 2.49. The number of aromatic nitrogens is 4. The monoisotopic (exact) mass is 285 g/mol. The highest BCUT2D eigenvalue weighted by molar-refractivity contribution is 9.10. The molecule has 6 nitrogen and oxygen atoms in total. The Balaban J connectivity index is 2.11. The predicted octanol–water partition coefficient (Wildman–Crippen LogP) is 1.34. The van der Waals surface area contributed by atoms with Gasteiger partial charge in [-0.1, -0.05) is 9.59 Å². The Morgan fingerprint density at radius 3 is 2.93 bits per heavy atom. The van der Waals surface area contributed by atoms with E-state index >= 15 is 0 Å². The molecule has 15 heavy (non-hydrogen) atoms. The summed E-state index contributed by atoms with van der Waals surface area (Å²) < 4.78 is 4.20. The molecule has 2 aromatic heterocycles. The van der Waals surface area contributed by atoms with Crippen LogP contribution >= 0.6 is 27.5 Å². The number of hydrogen-bond acceptors (Lipinski definition) is 6. The highest BCUT2D eigenvalue weighted by atomic mass is 79.9. The Bertz CT molecular complexity index is 457. The van der Waals surface area contributed by atoms with Gasteiger partial charge in [0.25, 0.3) is 5.91 Å². The average Bonchev–Trinajstić information content (AvgIpc) is 2.71. The van der Waals surface area contributed by atoms with Crippen molar-refractivity contribution in [3.8, 4) is 0 Å². The number of rotatable bonds is 2. The zero-order chi connectivity index (χ0) is 10.7. The van der Waals surface area contributed by atoms with E-state index in [4.69, 9.17) is 0 Å². The van der Waals surface area contributed by atoms with E-state index < -0.39 is 0 Å². The predicted molar refractivity (Wildman–Crippen MR) is 57.6 cm³/mol. The fourth-order valence-corrected chi connectivity index (χ4v) is 1.46. The maximum absolute atomic E-state index is 11.6. The van der Waals surface area contributed by atoms with Gasteiger partial charge in [-0.3, -0.25) is 10.1 Å². The minimum Gasteiger partial charge on any atom is -0.295 e. The Kier molecular flexibility index (Phi) is 2.97. The molecule has 0 aliphatic rings. The second-order valence-electron chi connectivity index (χ2n) is 2.49. The van der Waals surface area contributed by atoms with Crippen LogP contribution < -0.4 is 5.32 Å². The first-order valence-electron chi connectivity index (χ1n) is 3.83. The number of nitrogens with zero attached hydrogens (tertiary/aromatic N) is 4. The molecule has 1 amide bonds. The van der Waals surface area contributed by atoms with Crippen LogP contribution in [0.3, 0.4) is 0 Å². The minimum atomic E-state index is -0.284. The van der Waals surface area contributed by atoms with E-state index in [1.54, 1.807) is 12.1 Å². The van der Waals surface area contributed by atoms with E-state index in [2.05, 4.69) is 41.0 Å². The van der Waals surface area contributed by atoms with Gasteiger partial charge in [-0.05, 0) is 33.3 Å². The van der Waals surface area contributed by atoms with Crippen molar-refractivity contribution >= 4 is 38.5 Å². The molecule has 0 atom stereocenters. The fourth-order valence-electron chi connectivity index (χ4n) is 0.861. The molecule has 76 valence electrons. The summed E-state index contributed by atoms with van der Waals surface area (Å²) in [6, 6.07) is 3.34. The maximum Gasteiger partial charge on any atom is 0.259 e. The van der Waals surface area contributed by atoms with Gasteiger partial charge in [0, 0.05) is 17.7 Å². The van der Waals surface area contributed by atoms with E-state index in [0.29, 0.717) is 15.3 Å². The van der Waals surface area contributed by atoms with Crippen LogP contribution in [-0.4, -0.2) is 25.7 Å². The van der Waals surface area contributed by atoms with Crippen molar-refractivity contribution in [3.05, 3.63) is 28.5 Å². The lowest BCUT2D eigenvalue weighted by Crippen LogP contribution is -2.11. The van der Waals surface area contributed by atoms with Crippen LogP contribution in [0.5, 0.6) is 0 Å². The van der Waals surface area contributed by atoms with Crippen molar-refractivity contribution in [2.75, 3.05) is 5.32 Å². The van der Waals surface area contributed by atoms with Gasteiger partial charge in [-0.2, -0.15) is 0 Å². The standard InChI is InChI=1S/C7H4BrN5OS/c8-5-2-1-4(3-9-5)6(14)10-7-11-12-13-15-7/h1-3H,(H,10,11,13,14). The summed E-state index contributed by atoms with van der Waals surface area (Å²) in [6.07, 6.45) is 1.47. The van der Waals surface area contributed by atoms with Crippen LogP contribution in [0.15, 0.2) is 22.9 Å². The van der Waals surface area contributed by atoms with Crippen molar-refractivity contribution in [1.82, 2.24) is 19.8 Å². The topological polar surface area (TPSA) is 80.7 Å². The fraction of sp³-hybridized carbons (Fsp3) is 0. The number of anilines is 1. The van der Waals surface area contributed by atoms with E-state index in [1.165, 1.54) is 6.20 Å². The molecule has 0 bridgehead atoms. The molecule has 0 radical (unpaired) electrons. The molecule has 8 heteroatoms. The minimum absolute atomic E-state index is 0.284. The largest absolute Gasteiger partial charge is 0.295 e. The van der Waals surface area contributed by atoms with Gasteiger partial charge in [0.1, 0.15) is 4.60 Å². The lowest BCUT2D eigenvalue weighted by Gasteiger charge is -1.99. The normalized spacial score (nSPS) is 9.93. The Hall–Kier alpha value is -1.41. The van der Waals surface area contributed by atoms with Crippen LogP contribution in [-0.2, 0) is 0 Å². The number of carbonyl (C=O) groups is 1. The van der Waals surface area contributed by atoms with Crippen LogP contribution in [0.1, 0.15) is 10.4 Å². The van der Waals surface area contributed by atoms with Crippen molar-refractivity contribution in [3.63, 3.8) is 0 Å².